The molecule has 0 saturated carbocycles. The Morgan fingerprint density at radius 2 is 0.960 bits per heavy atom. The number of hydrogen-bond acceptors (Lipinski definition) is 1. The number of allylic oxidation sites excluding steroid dienone is 2. The van der Waals surface area contributed by atoms with E-state index in [0.717, 1.165) is 24.7 Å². The van der Waals surface area contributed by atoms with Crippen LogP contribution in [0.25, 0.3) is 0 Å². The van der Waals surface area contributed by atoms with E-state index >= 15 is 0 Å². The molecule has 1 nitrogen and oxygen atoms in total. The topological polar surface area (TPSA) is 17.1 Å². The highest BCUT2D eigenvalue weighted by molar-refractivity contribution is 5.72. The third-order valence-electron chi connectivity index (χ3n) is 5.18. The van der Waals surface area contributed by atoms with E-state index in [4.69, 9.17) is 0 Å². The molecule has 0 aromatic heterocycles. The molecule has 25 heavy (non-hydrogen) atoms. The van der Waals surface area contributed by atoms with Gasteiger partial charge < -0.3 is 0 Å². The van der Waals surface area contributed by atoms with Crippen molar-refractivity contribution < 1.29 is 4.79 Å². The van der Waals surface area contributed by atoms with Gasteiger partial charge in [-0.1, -0.05) is 116 Å². The van der Waals surface area contributed by atoms with Gasteiger partial charge in [0.15, 0.2) is 0 Å². The number of carbonyl (C=O) groups excluding carboxylic acids is 1. The Morgan fingerprint density at radius 1 is 0.560 bits per heavy atom. The largest absolute Gasteiger partial charge is 0.298 e. The summed E-state index contributed by atoms with van der Waals surface area (Å²) < 4.78 is 0. The van der Waals surface area contributed by atoms with E-state index < -0.39 is 0 Å². The van der Waals surface area contributed by atoms with Crippen molar-refractivity contribution in [3.05, 3.63) is 11.6 Å². The van der Waals surface area contributed by atoms with Gasteiger partial charge in [-0.15, -0.1) is 0 Å². The van der Waals surface area contributed by atoms with Crippen molar-refractivity contribution in [3.63, 3.8) is 0 Å². The lowest BCUT2D eigenvalue weighted by atomic mass is 10.0. The predicted molar refractivity (Wildman–Crippen MR) is 113 cm³/mol. The highest BCUT2D eigenvalue weighted by atomic mass is 16.1. The molecule has 0 heterocycles. The Balaban J connectivity index is 3.42. The van der Waals surface area contributed by atoms with Gasteiger partial charge in [0.1, 0.15) is 6.29 Å². The summed E-state index contributed by atoms with van der Waals surface area (Å²) in [6, 6.07) is 0. The van der Waals surface area contributed by atoms with Gasteiger partial charge in [-0.3, -0.25) is 4.79 Å². The molecule has 0 saturated heterocycles. The van der Waals surface area contributed by atoms with Crippen LogP contribution in [-0.2, 0) is 4.79 Å². The molecule has 0 amide bonds. The van der Waals surface area contributed by atoms with Crippen molar-refractivity contribution in [1.82, 2.24) is 0 Å². The summed E-state index contributed by atoms with van der Waals surface area (Å²) in [5.41, 5.74) is 1.05. The van der Waals surface area contributed by atoms with Gasteiger partial charge in [0.25, 0.3) is 0 Å². The summed E-state index contributed by atoms with van der Waals surface area (Å²) in [5, 5.41) is 0. The number of carbonyl (C=O) groups is 1. The second kappa shape index (κ2) is 21.5. The Hall–Kier alpha value is -0.590. The molecule has 0 unspecified atom stereocenters. The monoisotopic (exact) mass is 350 g/mol. The maximum absolute atomic E-state index is 11.2. The van der Waals surface area contributed by atoms with Crippen molar-refractivity contribution in [2.45, 2.75) is 136 Å². The molecule has 0 N–H and O–H groups in total. The summed E-state index contributed by atoms with van der Waals surface area (Å²) in [6.45, 7) is 4.54. The Morgan fingerprint density at radius 3 is 1.40 bits per heavy atom. The number of unbranched alkanes of at least 4 members (excludes halogenated alkanes) is 16. The molecule has 0 aromatic carbocycles. The lowest BCUT2D eigenvalue weighted by molar-refractivity contribution is -0.105. The zero-order chi connectivity index (χ0) is 18.4. The molecule has 0 spiro atoms. The van der Waals surface area contributed by atoms with Crippen LogP contribution in [0, 0.1) is 0 Å². The minimum Gasteiger partial charge on any atom is -0.298 e. The van der Waals surface area contributed by atoms with Crippen LogP contribution in [0.3, 0.4) is 0 Å². The fraction of sp³-hybridized carbons (Fsp3) is 0.875. The Kier molecular flexibility index (Phi) is 20.9. The second-order valence-corrected chi connectivity index (χ2v) is 7.74. The van der Waals surface area contributed by atoms with Crippen LogP contribution >= 0.6 is 0 Å². The van der Waals surface area contributed by atoms with Gasteiger partial charge in [0.2, 0.25) is 0 Å². The maximum Gasteiger partial charge on any atom is 0.145 e. The van der Waals surface area contributed by atoms with Crippen LogP contribution in [0.15, 0.2) is 11.6 Å². The molecule has 0 aliphatic heterocycles. The van der Waals surface area contributed by atoms with Crippen LogP contribution in [0.4, 0.5) is 0 Å². The lowest BCUT2D eigenvalue weighted by Crippen LogP contribution is -1.88. The maximum atomic E-state index is 11.2. The van der Waals surface area contributed by atoms with Crippen LogP contribution < -0.4 is 0 Å². The quantitative estimate of drug-likeness (QED) is 0.122. The van der Waals surface area contributed by atoms with Crippen molar-refractivity contribution in [2.75, 3.05) is 0 Å². The fourth-order valence-electron chi connectivity index (χ4n) is 3.41. The van der Waals surface area contributed by atoms with E-state index in [1.807, 2.05) is 0 Å². The molecular formula is C24H46O. The Bertz CT molecular complexity index is 292. The minimum absolute atomic E-state index is 0.996. The van der Waals surface area contributed by atoms with E-state index in [2.05, 4.69) is 19.9 Å². The van der Waals surface area contributed by atoms with Crippen LogP contribution in [0.5, 0.6) is 0 Å². The van der Waals surface area contributed by atoms with E-state index in [9.17, 15) is 4.79 Å². The van der Waals surface area contributed by atoms with Crippen LogP contribution in [0.1, 0.15) is 136 Å². The van der Waals surface area contributed by atoms with Crippen LogP contribution in [-0.4, -0.2) is 6.29 Å². The first kappa shape index (κ1) is 24.4. The van der Waals surface area contributed by atoms with Crippen molar-refractivity contribution in [3.8, 4) is 0 Å². The molecular weight excluding hydrogens is 304 g/mol. The molecule has 1 heteroatoms. The molecule has 0 fully saturated rings. The minimum atomic E-state index is 0.996. The molecule has 0 atom stereocenters. The summed E-state index contributed by atoms with van der Waals surface area (Å²) >= 11 is 0. The third-order valence-corrected chi connectivity index (χ3v) is 5.18. The summed E-state index contributed by atoms with van der Waals surface area (Å²) in [4.78, 5) is 11.2. The predicted octanol–water partition coefficient (Wildman–Crippen LogP) is 8.56. The van der Waals surface area contributed by atoms with Crippen molar-refractivity contribution in [2.24, 2.45) is 0 Å². The van der Waals surface area contributed by atoms with Gasteiger partial charge in [-0.2, -0.15) is 0 Å². The van der Waals surface area contributed by atoms with Gasteiger partial charge in [-0.05, 0) is 31.3 Å². The molecule has 0 bridgehead atoms. The molecule has 0 aliphatic rings. The van der Waals surface area contributed by atoms with Crippen molar-refractivity contribution in [1.29, 1.82) is 0 Å². The van der Waals surface area contributed by atoms with Crippen LogP contribution in [0.2, 0.25) is 0 Å². The first-order valence-electron chi connectivity index (χ1n) is 11.5. The summed E-state index contributed by atoms with van der Waals surface area (Å²) in [6.07, 6.45) is 28.4. The summed E-state index contributed by atoms with van der Waals surface area (Å²) in [7, 11) is 0. The lowest BCUT2D eigenvalue weighted by Gasteiger charge is -2.03. The van der Waals surface area contributed by atoms with Crippen molar-refractivity contribution >= 4 is 6.29 Å². The van der Waals surface area contributed by atoms with Gasteiger partial charge in [0, 0.05) is 0 Å². The molecule has 0 aromatic rings. The standard InChI is InChI=1S/C24H46O/c1-3-5-7-9-11-13-14-16-18-20-22-24(23-25)21-19-17-15-12-10-8-6-4-2/h22-23H,3-21H2,1-2H3. The normalized spacial score (nSPS) is 11.8. The highest BCUT2D eigenvalue weighted by Gasteiger charge is 1.97. The Labute approximate surface area is 159 Å². The van der Waals surface area contributed by atoms with Gasteiger partial charge in [-0.25, -0.2) is 0 Å². The van der Waals surface area contributed by atoms with Gasteiger partial charge in [0.05, 0.1) is 0 Å². The first-order valence-corrected chi connectivity index (χ1v) is 11.5. The highest BCUT2D eigenvalue weighted by Crippen LogP contribution is 2.14. The average molecular weight is 351 g/mol. The average Bonchev–Trinajstić information content (AvgIpc) is 2.63. The molecule has 0 aliphatic carbocycles. The molecule has 0 radical (unpaired) electrons. The van der Waals surface area contributed by atoms with E-state index in [0.29, 0.717) is 0 Å². The van der Waals surface area contributed by atoms with Gasteiger partial charge >= 0.3 is 0 Å². The zero-order valence-corrected chi connectivity index (χ0v) is 17.5. The smallest absolute Gasteiger partial charge is 0.145 e. The first-order chi connectivity index (χ1) is 12.3. The molecule has 148 valence electrons. The number of rotatable bonds is 20. The molecule has 0 rings (SSSR count). The fourth-order valence-corrected chi connectivity index (χ4v) is 3.41. The van der Waals surface area contributed by atoms with E-state index in [1.165, 1.54) is 109 Å². The van der Waals surface area contributed by atoms with E-state index in [-0.39, 0.29) is 0 Å². The second-order valence-electron chi connectivity index (χ2n) is 7.74. The summed E-state index contributed by atoms with van der Waals surface area (Å²) in [5.74, 6) is 0. The van der Waals surface area contributed by atoms with E-state index in [1.54, 1.807) is 0 Å². The third kappa shape index (κ3) is 19.6. The number of aldehydes is 1. The SMILES string of the molecule is CCCCCCCCCCCC=C(C=O)CCCCCCCCCC. The number of hydrogen-bond donors (Lipinski definition) is 0. The zero-order valence-electron chi connectivity index (χ0n) is 17.5.